The summed E-state index contributed by atoms with van der Waals surface area (Å²) in [4.78, 5) is 40.4. The summed E-state index contributed by atoms with van der Waals surface area (Å²) in [5.74, 6) is -1.15. The number of nitrogens with zero attached hydrogens (tertiary/aromatic N) is 2. The number of esters is 2. The second-order valence-corrected chi connectivity index (χ2v) is 5.17. The molecule has 0 fully saturated rings. The second-order valence-electron chi connectivity index (χ2n) is 5.17. The third kappa shape index (κ3) is 4.47. The molecule has 0 unspecified atom stereocenters. The lowest BCUT2D eigenvalue weighted by Crippen LogP contribution is -2.17. The molecule has 1 aromatic carbocycles. The number of aromatic nitrogens is 2. The third-order valence-corrected chi connectivity index (χ3v) is 3.45. The molecule has 0 saturated carbocycles. The number of methoxy groups -OCH3 is 1. The summed E-state index contributed by atoms with van der Waals surface area (Å²) in [5, 5.41) is 0. The number of carbonyl (C=O) groups is 3. The Morgan fingerprint density at radius 1 is 1.00 bits per heavy atom. The van der Waals surface area contributed by atoms with Crippen molar-refractivity contribution in [2.45, 2.75) is 20.4 Å². The summed E-state index contributed by atoms with van der Waals surface area (Å²) in [5.41, 5.74) is 0.379. The SMILES string of the molecule is CCOC(=O)c1cn(CC(=O)c2ccc(OC)cc2)c(C(=O)OCC)n1. The quantitative estimate of drug-likeness (QED) is 0.525. The number of ketones is 1. The number of ether oxygens (including phenoxy) is 3. The highest BCUT2D eigenvalue weighted by atomic mass is 16.5. The smallest absolute Gasteiger partial charge is 0.374 e. The number of hydrogen-bond donors (Lipinski definition) is 0. The zero-order valence-electron chi connectivity index (χ0n) is 14.9. The zero-order valence-corrected chi connectivity index (χ0v) is 14.9. The van der Waals surface area contributed by atoms with E-state index in [1.54, 1.807) is 38.1 Å². The van der Waals surface area contributed by atoms with E-state index in [0.717, 1.165) is 0 Å². The van der Waals surface area contributed by atoms with Crippen molar-refractivity contribution in [3.63, 3.8) is 0 Å². The third-order valence-electron chi connectivity index (χ3n) is 3.45. The predicted molar refractivity (Wildman–Crippen MR) is 91.5 cm³/mol. The fourth-order valence-corrected chi connectivity index (χ4v) is 2.22. The lowest BCUT2D eigenvalue weighted by atomic mass is 10.1. The van der Waals surface area contributed by atoms with E-state index in [1.807, 2.05) is 0 Å². The van der Waals surface area contributed by atoms with Crippen molar-refractivity contribution in [2.24, 2.45) is 0 Å². The minimum Gasteiger partial charge on any atom is -0.497 e. The maximum atomic E-state index is 12.5. The standard InChI is InChI=1S/C18H20N2O6/c1-4-25-17(22)14-10-20(16(19-14)18(23)26-5-2)11-15(21)12-6-8-13(24-3)9-7-12/h6-10H,4-5,11H2,1-3H3. The van der Waals surface area contributed by atoms with Crippen LogP contribution in [0, 0.1) is 0 Å². The molecule has 26 heavy (non-hydrogen) atoms. The molecular weight excluding hydrogens is 340 g/mol. The first-order chi connectivity index (χ1) is 12.5. The van der Waals surface area contributed by atoms with Crippen LogP contribution in [0.25, 0.3) is 0 Å². The molecule has 0 atom stereocenters. The lowest BCUT2D eigenvalue weighted by molar-refractivity contribution is 0.0506. The van der Waals surface area contributed by atoms with E-state index in [1.165, 1.54) is 17.9 Å². The van der Waals surface area contributed by atoms with Crippen LogP contribution in [0.4, 0.5) is 0 Å². The van der Waals surface area contributed by atoms with Gasteiger partial charge in [0.15, 0.2) is 11.5 Å². The largest absolute Gasteiger partial charge is 0.497 e. The van der Waals surface area contributed by atoms with Crippen molar-refractivity contribution in [3.8, 4) is 5.75 Å². The lowest BCUT2D eigenvalue weighted by Gasteiger charge is -2.07. The molecule has 1 heterocycles. The molecule has 0 radical (unpaired) electrons. The Morgan fingerprint density at radius 2 is 1.62 bits per heavy atom. The van der Waals surface area contributed by atoms with Gasteiger partial charge in [-0.1, -0.05) is 0 Å². The number of carbonyl (C=O) groups excluding carboxylic acids is 3. The maximum absolute atomic E-state index is 12.5. The van der Waals surface area contributed by atoms with Gasteiger partial charge >= 0.3 is 11.9 Å². The van der Waals surface area contributed by atoms with Gasteiger partial charge in [-0.3, -0.25) is 4.79 Å². The molecule has 8 heteroatoms. The van der Waals surface area contributed by atoms with Crippen LogP contribution in [-0.2, 0) is 16.0 Å². The summed E-state index contributed by atoms with van der Waals surface area (Å²) in [6.45, 7) is 3.46. The number of Topliss-reactive ketones (excluding diaryl/α,β-unsaturated/α-hetero) is 1. The highest BCUT2D eigenvalue weighted by molar-refractivity contribution is 5.97. The van der Waals surface area contributed by atoms with Crippen LogP contribution in [0.5, 0.6) is 5.75 Å². The van der Waals surface area contributed by atoms with Gasteiger partial charge in [-0.05, 0) is 38.1 Å². The Kier molecular flexibility index (Phi) is 6.48. The van der Waals surface area contributed by atoms with Gasteiger partial charge in [-0.15, -0.1) is 0 Å². The van der Waals surface area contributed by atoms with Gasteiger partial charge in [0.25, 0.3) is 0 Å². The molecule has 1 aromatic heterocycles. The Balaban J connectivity index is 2.28. The molecule has 0 aliphatic heterocycles. The molecule has 138 valence electrons. The van der Waals surface area contributed by atoms with Gasteiger partial charge in [-0.2, -0.15) is 0 Å². The summed E-state index contributed by atoms with van der Waals surface area (Å²) in [7, 11) is 1.53. The number of hydrogen-bond acceptors (Lipinski definition) is 7. The Labute approximate surface area is 150 Å². The van der Waals surface area contributed by atoms with Crippen molar-refractivity contribution in [2.75, 3.05) is 20.3 Å². The fourth-order valence-electron chi connectivity index (χ4n) is 2.22. The Bertz CT molecular complexity index is 795. The predicted octanol–water partition coefficient (Wildman–Crippen LogP) is 2.13. The maximum Gasteiger partial charge on any atom is 0.374 e. The molecule has 0 spiro atoms. The van der Waals surface area contributed by atoms with E-state index in [9.17, 15) is 14.4 Å². The number of benzene rings is 1. The van der Waals surface area contributed by atoms with Crippen molar-refractivity contribution >= 4 is 17.7 Å². The average Bonchev–Trinajstić information content (AvgIpc) is 3.06. The normalized spacial score (nSPS) is 10.3. The molecule has 0 amide bonds. The summed E-state index contributed by atoms with van der Waals surface area (Å²) in [6, 6.07) is 6.57. The van der Waals surface area contributed by atoms with Gasteiger partial charge in [0.1, 0.15) is 5.75 Å². The molecular formula is C18H20N2O6. The van der Waals surface area contributed by atoms with Crippen molar-refractivity contribution in [3.05, 3.63) is 47.5 Å². The van der Waals surface area contributed by atoms with Gasteiger partial charge in [0.2, 0.25) is 5.82 Å². The highest BCUT2D eigenvalue weighted by Crippen LogP contribution is 2.14. The van der Waals surface area contributed by atoms with E-state index < -0.39 is 11.9 Å². The molecule has 0 N–H and O–H groups in total. The molecule has 0 saturated heterocycles. The van der Waals surface area contributed by atoms with E-state index in [-0.39, 0.29) is 37.1 Å². The van der Waals surface area contributed by atoms with Crippen LogP contribution in [0.15, 0.2) is 30.5 Å². The van der Waals surface area contributed by atoms with Crippen LogP contribution in [-0.4, -0.2) is 47.6 Å². The first-order valence-electron chi connectivity index (χ1n) is 8.08. The van der Waals surface area contributed by atoms with Crippen molar-refractivity contribution in [1.82, 2.24) is 9.55 Å². The molecule has 0 bridgehead atoms. The van der Waals surface area contributed by atoms with Crippen molar-refractivity contribution in [1.29, 1.82) is 0 Å². The van der Waals surface area contributed by atoms with Crippen LogP contribution in [0.1, 0.15) is 45.3 Å². The van der Waals surface area contributed by atoms with E-state index in [4.69, 9.17) is 14.2 Å². The minimum atomic E-state index is -0.717. The number of rotatable bonds is 8. The Morgan fingerprint density at radius 3 is 2.19 bits per heavy atom. The molecule has 2 aromatic rings. The summed E-state index contributed by atoms with van der Waals surface area (Å²) >= 11 is 0. The van der Waals surface area contributed by atoms with Gasteiger partial charge in [0, 0.05) is 11.8 Å². The first kappa shape index (κ1) is 19.2. The van der Waals surface area contributed by atoms with Crippen LogP contribution >= 0.6 is 0 Å². The molecule has 2 rings (SSSR count). The fraction of sp³-hybridized carbons (Fsp3) is 0.333. The molecule has 0 aliphatic rings. The Hall–Kier alpha value is -3.16. The first-order valence-corrected chi connectivity index (χ1v) is 8.08. The molecule has 8 nitrogen and oxygen atoms in total. The van der Waals surface area contributed by atoms with Crippen LogP contribution < -0.4 is 4.74 Å². The van der Waals surface area contributed by atoms with Gasteiger partial charge in [-0.25, -0.2) is 14.6 Å². The van der Waals surface area contributed by atoms with Crippen LogP contribution in [0.2, 0.25) is 0 Å². The average molecular weight is 360 g/mol. The summed E-state index contributed by atoms with van der Waals surface area (Å²) < 4.78 is 16.2. The van der Waals surface area contributed by atoms with E-state index >= 15 is 0 Å². The van der Waals surface area contributed by atoms with Crippen molar-refractivity contribution < 1.29 is 28.6 Å². The minimum absolute atomic E-state index is 0.0579. The highest BCUT2D eigenvalue weighted by Gasteiger charge is 2.22. The monoisotopic (exact) mass is 360 g/mol. The van der Waals surface area contributed by atoms with Crippen LogP contribution in [0.3, 0.4) is 0 Å². The van der Waals surface area contributed by atoms with Gasteiger partial charge < -0.3 is 18.8 Å². The zero-order chi connectivity index (χ0) is 19.1. The number of imidazole rings is 1. The second kappa shape index (κ2) is 8.80. The molecule has 0 aliphatic carbocycles. The van der Waals surface area contributed by atoms with E-state index in [2.05, 4.69) is 4.98 Å². The van der Waals surface area contributed by atoms with Gasteiger partial charge in [0.05, 0.1) is 26.9 Å². The van der Waals surface area contributed by atoms with E-state index in [0.29, 0.717) is 11.3 Å². The topological polar surface area (TPSA) is 96.7 Å². The summed E-state index contributed by atoms with van der Waals surface area (Å²) in [6.07, 6.45) is 1.31.